The maximum absolute atomic E-state index is 5.50. The SMILES string of the molecule is [CH2]CCCCc1ccc2cccoc1-2. The van der Waals surface area contributed by atoms with Crippen LogP contribution in [0.15, 0.2) is 34.9 Å². The molecule has 0 aromatic rings. The van der Waals surface area contributed by atoms with Crippen molar-refractivity contribution in [1.29, 1.82) is 0 Å². The largest absolute Gasteiger partial charge is 0.464 e. The van der Waals surface area contributed by atoms with Crippen LogP contribution in [0, 0.1) is 6.92 Å². The molecule has 1 nitrogen and oxygen atoms in total. The number of hydrogen-bond acceptors (Lipinski definition) is 1. The second kappa shape index (κ2) is 4.32. The Bertz CT molecular complexity index is 362. The zero-order valence-electron chi connectivity index (χ0n) is 8.33. The Morgan fingerprint density at radius 3 is 2.93 bits per heavy atom. The quantitative estimate of drug-likeness (QED) is 0.661. The van der Waals surface area contributed by atoms with Crippen LogP contribution in [-0.4, -0.2) is 0 Å². The van der Waals surface area contributed by atoms with Gasteiger partial charge in [0.05, 0.1) is 6.26 Å². The van der Waals surface area contributed by atoms with Crippen molar-refractivity contribution in [2.75, 3.05) is 0 Å². The van der Waals surface area contributed by atoms with Gasteiger partial charge >= 0.3 is 0 Å². The maximum atomic E-state index is 5.50. The Balaban J connectivity index is 2.11. The molecule has 0 amide bonds. The van der Waals surface area contributed by atoms with Crippen LogP contribution in [-0.2, 0) is 6.42 Å². The van der Waals surface area contributed by atoms with Crippen LogP contribution in [0.25, 0.3) is 11.3 Å². The normalized spacial score (nSPS) is 10.9. The number of aryl methyl sites for hydroxylation is 1. The van der Waals surface area contributed by atoms with E-state index in [1.165, 1.54) is 24.0 Å². The van der Waals surface area contributed by atoms with Crippen LogP contribution in [0.3, 0.4) is 0 Å². The summed E-state index contributed by atoms with van der Waals surface area (Å²) in [6.45, 7) is 3.84. The summed E-state index contributed by atoms with van der Waals surface area (Å²) in [5.41, 5.74) is 2.53. The molecule has 0 unspecified atom stereocenters. The van der Waals surface area contributed by atoms with Crippen molar-refractivity contribution in [1.82, 2.24) is 0 Å². The highest BCUT2D eigenvalue weighted by atomic mass is 16.3. The molecule has 2 rings (SSSR count). The first-order valence-corrected chi connectivity index (χ1v) is 5.16. The average Bonchev–Trinajstić information content (AvgIpc) is 2.63. The van der Waals surface area contributed by atoms with Gasteiger partial charge < -0.3 is 4.42 Å². The third kappa shape index (κ3) is 1.82. The number of rotatable bonds is 4. The molecule has 0 spiro atoms. The molecule has 1 heteroatoms. The van der Waals surface area contributed by atoms with E-state index >= 15 is 0 Å². The monoisotopic (exact) mass is 187 g/mol. The van der Waals surface area contributed by atoms with Crippen molar-refractivity contribution in [3.05, 3.63) is 43.0 Å². The van der Waals surface area contributed by atoms with Crippen LogP contribution in [0.4, 0.5) is 0 Å². The molecule has 14 heavy (non-hydrogen) atoms. The van der Waals surface area contributed by atoms with E-state index in [-0.39, 0.29) is 0 Å². The van der Waals surface area contributed by atoms with E-state index in [1.54, 1.807) is 6.26 Å². The molecule has 2 aliphatic rings. The lowest BCUT2D eigenvalue weighted by Crippen LogP contribution is -1.85. The van der Waals surface area contributed by atoms with Gasteiger partial charge in [0.25, 0.3) is 0 Å². The van der Waals surface area contributed by atoms with E-state index in [0.717, 1.165) is 18.6 Å². The fourth-order valence-electron chi connectivity index (χ4n) is 1.74. The van der Waals surface area contributed by atoms with Gasteiger partial charge in [-0.3, -0.25) is 0 Å². The summed E-state index contributed by atoms with van der Waals surface area (Å²) >= 11 is 0. The first-order chi connectivity index (χ1) is 6.92. The first-order valence-electron chi connectivity index (χ1n) is 5.16. The lowest BCUT2D eigenvalue weighted by molar-refractivity contribution is 0.559. The molecule has 0 aromatic heterocycles. The Morgan fingerprint density at radius 1 is 1.14 bits per heavy atom. The Kier molecular flexibility index (Phi) is 2.87. The van der Waals surface area contributed by atoms with Gasteiger partial charge in [0.15, 0.2) is 0 Å². The third-order valence-electron chi connectivity index (χ3n) is 2.50. The van der Waals surface area contributed by atoms with E-state index in [2.05, 4.69) is 25.1 Å². The van der Waals surface area contributed by atoms with Gasteiger partial charge in [-0.15, -0.1) is 0 Å². The predicted molar refractivity (Wildman–Crippen MR) is 58.2 cm³/mol. The second-order valence-electron chi connectivity index (χ2n) is 3.57. The minimum Gasteiger partial charge on any atom is -0.464 e. The summed E-state index contributed by atoms with van der Waals surface area (Å²) in [7, 11) is 0. The van der Waals surface area contributed by atoms with Crippen LogP contribution in [0.1, 0.15) is 24.8 Å². The Labute approximate surface area is 85.1 Å². The molecule has 0 N–H and O–H groups in total. The molecule has 0 saturated carbocycles. The van der Waals surface area contributed by atoms with E-state index in [0.29, 0.717) is 0 Å². The second-order valence-corrected chi connectivity index (χ2v) is 3.57. The summed E-state index contributed by atoms with van der Waals surface area (Å²) in [6.07, 6.45) is 6.27. The minimum atomic E-state index is 1.02. The van der Waals surface area contributed by atoms with Crippen molar-refractivity contribution in [3.8, 4) is 11.3 Å². The Morgan fingerprint density at radius 2 is 2.07 bits per heavy atom. The number of unbranched alkanes of at least 4 members (excludes halogenated alkanes) is 2. The summed E-state index contributed by atoms with van der Waals surface area (Å²) in [4.78, 5) is 0. The zero-order chi connectivity index (χ0) is 9.80. The fourth-order valence-corrected chi connectivity index (χ4v) is 1.74. The van der Waals surface area contributed by atoms with E-state index < -0.39 is 0 Å². The molecular formula is C13H15O. The Hall–Kier alpha value is -1.24. The highest BCUT2D eigenvalue weighted by Gasteiger charge is 2.09. The molecule has 1 aliphatic carbocycles. The van der Waals surface area contributed by atoms with E-state index in [4.69, 9.17) is 4.42 Å². The molecule has 0 saturated heterocycles. The molecule has 1 radical (unpaired) electrons. The van der Waals surface area contributed by atoms with Gasteiger partial charge in [0.2, 0.25) is 0 Å². The maximum Gasteiger partial charge on any atom is 0.136 e. The summed E-state index contributed by atoms with van der Waals surface area (Å²) < 4.78 is 5.50. The molecule has 1 aliphatic heterocycles. The standard InChI is InChI=1S/C13H15O/c1-2-3-4-6-11-8-9-12-7-5-10-14-13(11)12/h5,7-10H,1-4,6H2. The van der Waals surface area contributed by atoms with Crippen LogP contribution < -0.4 is 0 Å². The predicted octanol–water partition coefficient (Wildman–Crippen LogP) is 3.93. The molecule has 73 valence electrons. The van der Waals surface area contributed by atoms with Crippen LogP contribution in [0.2, 0.25) is 0 Å². The van der Waals surface area contributed by atoms with Crippen molar-refractivity contribution in [2.24, 2.45) is 0 Å². The smallest absolute Gasteiger partial charge is 0.136 e. The van der Waals surface area contributed by atoms with Gasteiger partial charge in [-0.25, -0.2) is 0 Å². The lowest BCUT2D eigenvalue weighted by Gasteiger charge is -2.01. The summed E-state index contributed by atoms with van der Waals surface area (Å²) in [5.74, 6) is 1.05. The minimum absolute atomic E-state index is 1.02. The van der Waals surface area contributed by atoms with Gasteiger partial charge in [-0.1, -0.05) is 31.9 Å². The van der Waals surface area contributed by atoms with Gasteiger partial charge in [-0.05, 0) is 30.5 Å². The van der Waals surface area contributed by atoms with Crippen molar-refractivity contribution in [2.45, 2.75) is 25.7 Å². The lowest BCUT2D eigenvalue weighted by atomic mass is 10.1. The van der Waals surface area contributed by atoms with Gasteiger partial charge in [0.1, 0.15) is 5.76 Å². The number of hydrogen-bond donors (Lipinski definition) is 0. The molecule has 0 aromatic carbocycles. The van der Waals surface area contributed by atoms with Crippen molar-refractivity contribution >= 4 is 0 Å². The highest BCUT2D eigenvalue weighted by Crippen LogP contribution is 2.28. The fraction of sp³-hybridized carbons (Fsp3) is 0.308. The molecule has 0 fully saturated rings. The van der Waals surface area contributed by atoms with Crippen molar-refractivity contribution in [3.63, 3.8) is 0 Å². The van der Waals surface area contributed by atoms with Crippen LogP contribution >= 0.6 is 0 Å². The highest BCUT2D eigenvalue weighted by molar-refractivity contribution is 5.64. The molecule has 0 bridgehead atoms. The van der Waals surface area contributed by atoms with E-state index in [9.17, 15) is 0 Å². The van der Waals surface area contributed by atoms with Crippen molar-refractivity contribution < 1.29 is 4.42 Å². The summed E-state index contributed by atoms with van der Waals surface area (Å²) in [5, 5.41) is 0. The zero-order valence-corrected chi connectivity index (χ0v) is 8.33. The molecule has 1 heterocycles. The number of fused-ring (bicyclic) bond motifs is 1. The average molecular weight is 187 g/mol. The first kappa shape index (κ1) is 9.32. The third-order valence-corrected chi connectivity index (χ3v) is 2.50. The van der Waals surface area contributed by atoms with Crippen LogP contribution in [0.5, 0.6) is 0 Å². The van der Waals surface area contributed by atoms with Gasteiger partial charge in [0, 0.05) is 5.56 Å². The topological polar surface area (TPSA) is 13.1 Å². The molecule has 0 atom stereocenters. The van der Waals surface area contributed by atoms with Gasteiger partial charge in [-0.2, -0.15) is 0 Å². The van der Waals surface area contributed by atoms with E-state index in [1.807, 2.05) is 6.07 Å². The molecular weight excluding hydrogens is 172 g/mol. The summed E-state index contributed by atoms with van der Waals surface area (Å²) in [6, 6.07) is 8.31.